The van der Waals surface area contributed by atoms with E-state index in [4.69, 9.17) is 5.73 Å². The van der Waals surface area contributed by atoms with Crippen molar-refractivity contribution >= 4 is 11.5 Å². The van der Waals surface area contributed by atoms with E-state index >= 15 is 0 Å². The molecule has 0 bridgehead atoms. The third kappa shape index (κ3) is 2.05. The number of hydrogen-bond donors (Lipinski definition) is 1. The highest BCUT2D eigenvalue weighted by atomic mass is 32.1. The quantitative estimate of drug-likeness (QED) is 0.843. The van der Waals surface area contributed by atoms with E-state index in [1.165, 1.54) is 11.5 Å². The molecule has 0 aliphatic carbocycles. The Bertz CT molecular complexity index is 433. The normalized spacial score (nSPS) is 10.8. The van der Waals surface area contributed by atoms with Gasteiger partial charge >= 0.3 is 0 Å². The average molecular weight is 223 g/mol. The molecule has 5 nitrogen and oxygen atoms in total. The lowest BCUT2D eigenvalue weighted by atomic mass is 10.3. The smallest absolute Gasteiger partial charge is 0.214 e. The molecule has 2 rings (SSSR count). The van der Waals surface area contributed by atoms with Crippen LogP contribution in [-0.4, -0.2) is 18.9 Å². The molecule has 0 aliphatic rings. The van der Waals surface area contributed by atoms with Gasteiger partial charge in [0.15, 0.2) is 0 Å². The largest absolute Gasteiger partial charge is 0.324 e. The first-order chi connectivity index (χ1) is 7.35. The van der Waals surface area contributed by atoms with Crippen molar-refractivity contribution in [2.45, 2.75) is 26.3 Å². The monoisotopic (exact) mass is 223 g/mol. The van der Waals surface area contributed by atoms with Crippen LogP contribution in [-0.2, 0) is 13.0 Å². The van der Waals surface area contributed by atoms with Crippen molar-refractivity contribution < 1.29 is 0 Å². The number of aromatic nitrogens is 4. The van der Waals surface area contributed by atoms with Crippen LogP contribution in [0, 0.1) is 0 Å². The highest BCUT2D eigenvalue weighted by Crippen LogP contribution is 2.13. The number of hydrogen-bond acceptors (Lipinski definition) is 5. The second-order valence-electron chi connectivity index (χ2n) is 3.16. The molecular weight excluding hydrogens is 210 g/mol. The molecule has 2 heterocycles. The zero-order chi connectivity index (χ0) is 10.7. The van der Waals surface area contributed by atoms with Gasteiger partial charge in [-0.15, -0.1) is 0 Å². The van der Waals surface area contributed by atoms with Crippen molar-refractivity contribution in [3.05, 3.63) is 24.0 Å². The van der Waals surface area contributed by atoms with Gasteiger partial charge in [-0.05, 0) is 6.42 Å². The molecule has 0 fully saturated rings. The van der Waals surface area contributed by atoms with Crippen LogP contribution in [0.2, 0.25) is 0 Å². The van der Waals surface area contributed by atoms with Gasteiger partial charge in [-0.3, -0.25) is 4.57 Å². The van der Waals surface area contributed by atoms with Crippen LogP contribution in [0.15, 0.2) is 12.4 Å². The summed E-state index contributed by atoms with van der Waals surface area (Å²) >= 11 is 1.38. The lowest BCUT2D eigenvalue weighted by molar-refractivity contribution is 0.830. The summed E-state index contributed by atoms with van der Waals surface area (Å²) in [6.07, 6.45) is 5.56. The van der Waals surface area contributed by atoms with E-state index in [9.17, 15) is 0 Å². The van der Waals surface area contributed by atoms with E-state index in [0.29, 0.717) is 6.54 Å². The van der Waals surface area contributed by atoms with Crippen molar-refractivity contribution in [1.82, 2.24) is 18.9 Å². The van der Waals surface area contributed by atoms with Crippen molar-refractivity contribution in [1.29, 1.82) is 0 Å². The Balaban J connectivity index is 2.28. The molecule has 80 valence electrons. The van der Waals surface area contributed by atoms with E-state index < -0.39 is 0 Å². The van der Waals surface area contributed by atoms with Crippen LogP contribution in [0.1, 0.15) is 25.0 Å². The number of rotatable bonds is 4. The van der Waals surface area contributed by atoms with Crippen molar-refractivity contribution in [3.63, 3.8) is 0 Å². The topological polar surface area (TPSA) is 69.6 Å². The van der Waals surface area contributed by atoms with Crippen LogP contribution < -0.4 is 5.73 Å². The number of aryl methyl sites for hydroxylation is 1. The summed E-state index contributed by atoms with van der Waals surface area (Å²) in [5, 5.41) is 0.844. The maximum absolute atomic E-state index is 5.57. The molecule has 0 unspecified atom stereocenters. The average Bonchev–Trinajstić information content (AvgIpc) is 2.84. The maximum Gasteiger partial charge on any atom is 0.214 e. The molecule has 0 aromatic carbocycles. The standard InChI is InChI=1S/C9H13N5S/c1-2-3-7-12-9(15-13-7)14-5-4-11-8(14)6-10/h4-5H,2-3,6,10H2,1H3. The van der Waals surface area contributed by atoms with Gasteiger partial charge in [-0.1, -0.05) is 6.92 Å². The molecule has 6 heteroatoms. The fraction of sp³-hybridized carbons (Fsp3) is 0.444. The molecule has 2 aromatic rings. The van der Waals surface area contributed by atoms with Gasteiger partial charge < -0.3 is 5.73 Å². The molecule has 2 N–H and O–H groups in total. The van der Waals surface area contributed by atoms with Gasteiger partial charge in [0.25, 0.3) is 0 Å². The second-order valence-corrected chi connectivity index (χ2v) is 3.89. The molecule has 2 aromatic heterocycles. The zero-order valence-corrected chi connectivity index (χ0v) is 9.37. The number of nitrogens with zero attached hydrogens (tertiary/aromatic N) is 4. The van der Waals surface area contributed by atoms with Crippen LogP contribution in [0.4, 0.5) is 0 Å². The minimum atomic E-state index is 0.412. The first-order valence-electron chi connectivity index (χ1n) is 4.90. The Hall–Kier alpha value is -1.27. The van der Waals surface area contributed by atoms with Gasteiger partial charge in [0.05, 0.1) is 6.54 Å². The Kier molecular flexibility index (Phi) is 3.08. The van der Waals surface area contributed by atoms with Crippen LogP contribution >= 0.6 is 11.5 Å². The fourth-order valence-electron chi connectivity index (χ4n) is 1.33. The summed E-state index contributed by atoms with van der Waals surface area (Å²) in [4.78, 5) is 8.57. The van der Waals surface area contributed by atoms with Crippen LogP contribution in [0.25, 0.3) is 5.13 Å². The van der Waals surface area contributed by atoms with E-state index in [-0.39, 0.29) is 0 Å². The fourth-order valence-corrected chi connectivity index (χ4v) is 2.05. The first kappa shape index (κ1) is 10.3. The summed E-state index contributed by atoms with van der Waals surface area (Å²) in [6, 6.07) is 0. The molecule has 0 atom stereocenters. The first-order valence-corrected chi connectivity index (χ1v) is 5.67. The molecule has 0 spiro atoms. The van der Waals surface area contributed by atoms with Crippen LogP contribution in [0.5, 0.6) is 0 Å². The van der Waals surface area contributed by atoms with Gasteiger partial charge in [0.2, 0.25) is 5.13 Å². The molecule has 15 heavy (non-hydrogen) atoms. The molecular formula is C9H13N5S. The third-order valence-corrected chi connectivity index (χ3v) is 2.79. The van der Waals surface area contributed by atoms with Gasteiger partial charge in [-0.25, -0.2) is 9.97 Å². The van der Waals surface area contributed by atoms with Gasteiger partial charge in [-0.2, -0.15) is 4.37 Å². The molecule has 0 aliphatic heterocycles. The van der Waals surface area contributed by atoms with Gasteiger partial charge in [0, 0.05) is 30.3 Å². The van der Waals surface area contributed by atoms with E-state index in [1.54, 1.807) is 6.20 Å². The molecule has 0 saturated carbocycles. The minimum absolute atomic E-state index is 0.412. The Morgan fingerprint density at radius 1 is 1.53 bits per heavy atom. The number of imidazole rings is 1. The maximum atomic E-state index is 5.57. The predicted molar refractivity (Wildman–Crippen MR) is 58.9 cm³/mol. The highest BCUT2D eigenvalue weighted by Gasteiger charge is 2.08. The Labute approximate surface area is 92.1 Å². The summed E-state index contributed by atoms with van der Waals surface area (Å²) in [7, 11) is 0. The SMILES string of the molecule is CCCc1nsc(-n2ccnc2CN)n1. The summed E-state index contributed by atoms with van der Waals surface area (Å²) in [5.41, 5.74) is 5.57. The zero-order valence-electron chi connectivity index (χ0n) is 8.55. The highest BCUT2D eigenvalue weighted by molar-refractivity contribution is 7.08. The predicted octanol–water partition coefficient (Wildman–Crippen LogP) is 1.14. The lowest BCUT2D eigenvalue weighted by Gasteiger charge is -1.99. The lowest BCUT2D eigenvalue weighted by Crippen LogP contribution is -2.06. The van der Waals surface area contributed by atoms with Crippen molar-refractivity contribution in [2.24, 2.45) is 5.73 Å². The molecule has 0 radical (unpaired) electrons. The Morgan fingerprint density at radius 2 is 2.40 bits per heavy atom. The van der Waals surface area contributed by atoms with E-state index in [1.807, 2.05) is 10.8 Å². The molecule has 0 amide bonds. The summed E-state index contributed by atoms with van der Waals surface area (Å²) in [6.45, 7) is 2.53. The third-order valence-electron chi connectivity index (χ3n) is 2.04. The van der Waals surface area contributed by atoms with E-state index in [2.05, 4.69) is 21.3 Å². The minimum Gasteiger partial charge on any atom is -0.324 e. The van der Waals surface area contributed by atoms with E-state index in [0.717, 1.165) is 29.6 Å². The second kappa shape index (κ2) is 4.50. The summed E-state index contributed by atoms with van der Waals surface area (Å²) in [5.74, 6) is 1.71. The van der Waals surface area contributed by atoms with Crippen LogP contribution in [0.3, 0.4) is 0 Å². The number of nitrogens with two attached hydrogens (primary N) is 1. The van der Waals surface area contributed by atoms with Gasteiger partial charge in [0.1, 0.15) is 11.6 Å². The summed E-state index contributed by atoms with van der Waals surface area (Å²) < 4.78 is 6.16. The van der Waals surface area contributed by atoms with Crippen molar-refractivity contribution in [2.75, 3.05) is 0 Å². The Morgan fingerprint density at radius 3 is 3.13 bits per heavy atom. The molecule has 0 saturated heterocycles. The van der Waals surface area contributed by atoms with Crippen molar-refractivity contribution in [3.8, 4) is 5.13 Å².